The van der Waals surface area contributed by atoms with E-state index in [1.54, 1.807) is 24.1 Å². The van der Waals surface area contributed by atoms with Gasteiger partial charge in [-0.2, -0.15) is 0 Å². The summed E-state index contributed by atoms with van der Waals surface area (Å²) in [6.07, 6.45) is 0.930. The number of rotatable bonds is 5. The first-order valence-corrected chi connectivity index (χ1v) is 6.25. The van der Waals surface area contributed by atoms with E-state index in [4.69, 9.17) is 5.11 Å². The minimum absolute atomic E-state index is 0.155. The minimum atomic E-state index is -1.01. The Hall–Kier alpha value is -2.04. The van der Waals surface area contributed by atoms with Gasteiger partial charge in [0.1, 0.15) is 0 Å². The molecule has 19 heavy (non-hydrogen) atoms. The van der Waals surface area contributed by atoms with Crippen LogP contribution in [-0.2, 0) is 0 Å². The summed E-state index contributed by atoms with van der Waals surface area (Å²) >= 11 is 0. The first-order valence-electron chi connectivity index (χ1n) is 6.25. The van der Waals surface area contributed by atoms with Gasteiger partial charge < -0.3 is 15.3 Å². The van der Waals surface area contributed by atoms with Crippen LogP contribution in [-0.4, -0.2) is 35.6 Å². The Morgan fingerprint density at radius 1 is 1.37 bits per heavy atom. The molecule has 0 saturated heterocycles. The van der Waals surface area contributed by atoms with Crippen molar-refractivity contribution in [1.29, 1.82) is 0 Å². The number of aromatic carboxylic acids is 1. The summed E-state index contributed by atoms with van der Waals surface area (Å²) in [6.45, 7) is 4.87. The van der Waals surface area contributed by atoms with E-state index in [-0.39, 0.29) is 11.6 Å². The fourth-order valence-electron chi connectivity index (χ4n) is 1.50. The van der Waals surface area contributed by atoms with Crippen molar-refractivity contribution in [2.45, 2.75) is 20.3 Å². The molecule has 5 heteroatoms. The van der Waals surface area contributed by atoms with Gasteiger partial charge >= 0.3 is 12.0 Å². The maximum atomic E-state index is 11.9. The van der Waals surface area contributed by atoms with Gasteiger partial charge in [-0.3, -0.25) is 0 Å². The lowest BCUT2D eigenvalue weighted by Gasteiger charge is -2.19. The van der Waals surface area contributed by atoms with Crippen LogP contribution >= 0.6 is 0 Å². The molecule has 2 amide bonds. The lowest BCUT2D eigenvalue weighted by Crippen LogP contribution is -2.32. The van der Waals surface area contributed by atoms with Gasteiger partial charge in [-0.05, 0) is 30.5 Å². The van der Waals surface area contributed by atoms with Crippen molar-refractivity contribution in [3.05, 3.63) is 29.8 Å². The molecular formula is C14H20N2O3. The molecule has 0 aliphatic rings. The van der Waals surface area contributed by atoms with E-state index >= 15 is 0 Å². The van der Waals surface area contributed by atoms with Crippen LogP contribution in [0.15, 0.2) is 24.3 Å². The summed E-state index contributed by atoms with van der Waals surface area (Å²) < 4.78 is 0. The standard InChI is InChI=1S/C14H20N2O3/c1-10(2)7-8-16(3)14(19)15-12-6-4-5-11(9-12)13(17)18/h4-6,9-10H,7-8H2,1-3H3,(H,15,19)(H,17,18). The summed E-state index contributed by atoms with van der Waals surface area (Å²) in [5.74, 6) is -0.477. The smallest absolute Gasteiger partial charge is 0.335 e. The molecule has 0 bridgehead atoms. The van der Waals surface area contributed by atoms with E-state index in [1.165, 1.54) is 12.1 Å². The molecule has 104 valence electrons. The molecule has 0 saturated carbocycles. The zero-order valence-corrected chi connectivity index (χ0v) is 11.5. The van der Waals surface area contributed by atoms with Gasteiger partial charge in [-0.25, -0.2) is 9.59 Å². The molecule has 0 unspecified atom stereocenters. The number of hydrogen-bond acceptors (Lipinski definition) is 2. The Bertz CT molecular complexity index is 458. The van der Waals surface area contributed by atoms with E-state index in [9.17, 15) is 9.59 Å². The van der Waals surface area contributed by atoms with Crippen LogP contribution in [0.1, 0.15) is 30.6 Å². The van der Waals surface area contributed by atoms with Crippen LogP contribution in [0.4, 0.5) is 10.5 Å². The molecule has 1 aromatic rings. The van der Waals surface area contributed by atoms with Crippen molar-refractivity contribution in [3.8, 4) is 0 Å². The van der Waals surface area contributed by atoms with E-state index in [0.717, 1.165) is 6.42 Å². The Balaban J connectivity index is 2.61. The molecule has 1 rings (SSSR count). The second kappa shape index (κ2) is 6.78. The number of anilines is 1. The minimum Gasteiger partial charge on any atom is -0.478 e. The zero-order chi connectivity index (χ0) is 14.4. The highest BCUT2D eigenvalue weighted by molar-refractivity contribution is 5.93. The van der Waals surface area contributed by atoms with Crippen LogP contribution < -0.4 is 5.32 Å². The highest BCUT2D eigenvalue weighted by atomic mass is 16.4. The highest BCUT2D eigenvalue weighted by Gasteiger charge is 2.10. The van der Waals surface area contributed by atoms with Crippen LogP contribution in [0, 0.1) is 5.92 Å². The molecule has 0 aromatic heterocycles. The molecular weight excluding hydrogens is 244 g/mol. The second-order valence-corrected chi connectivity index (χ2v) is 4.92. The second-order valence-electron chi connectivity index (χ2n) is 4.92. The Morgan fingerprint density at radius 2 is 2.05 bits per heavy atom. The van der Waals surface area contributed by atoms with Crippen LogP contribution in [0.3, 0.4) is 0 Å². The number of hydrogen-bond donors (Lipinski definition) is 2. The summed E-state index contributed by atoms with van der Waals surface area (Å²) in [7, 11) is 1.72. The maximum Gasteiger partial charge on any atom is 0.335 e. The topological polar surface area (TPSA) is 69.6 Å². The summed E-state index contributed by atoms with van der Waals surface area (Å²) in [5, 5.41) is 11.6. The Morgan fingerprint density at radius 3 is 2.63 bits per heavy atom. The lowest BCUT2D eigenvalue weighted by atomic mass is 10.1. The molecule has 0 radical (unpaired) electrons. The largest absolute Gasteiger partial charge is 0.478 e. The van der Waals surface area contributed by atoms with Gasteiger partial charge in [0.25, 0.3) is 0 Å². The Kier molecular flexibility index (Phi) is 5.36. The SMILES string of the molecule is CC(C)CCN(C)C(=O)Nc1cccc(C(=O)O)c1. The van der Waals surface area contributed by atoms with Crippen molar-refractivity contribution >= 4 is 17.7 Å². The first kappa shape index (κ1) is 15.0. The lowest BCUT2D eigenvalue weighted by molar-refractivity contribution is 0.0697. The van der Waals surface area contributed by atoms with Crippen LogP contribution in [0.2, 0.25) is 0 Å². The fourth-order valence-corrected chi connectivity index (χ4v) is 1.50. The summed E-state index contributed by atoms with van der Waals surface area (Å²) in [6, 6.07) is 5.97. The number of urea groups is 1. The average molecular weight is 264 g/mol. The summed E-state index contributed by atoms with van der Waals surface area (Å²) in [4.78, 5) is 24.3. The number of carboxylic acid groups (broad SMARTS) is 1. The molecule has 0 fully saturated rings. The van der Waals surface area contributed by atoms with E-state index in [0.29, 0.717) is 18.2 Å². The number of carbonyl (C=O) groups excluding carboxylic acids is 1. The van der Waals surface area contributed by atoms with E-state index in [1.807, 2.05) is 0 Å². The highest BCUT2D eigenvalue weighted by Crippen LogP contribution is 2.11. The fraction of sp³-hybridized carbons (Fsp3) is 0.429. The third-order valence-corrected chi connectivity index (χ3v) is 2.75. The first-order chi connectivity index (χ1) is 8.90. The van der Waals surface area contributed by atoms with Crippen molar-refractivity contribution in [2.24, 2.45) is 5.92 Å². The predicted molar refractivity (Wildman–Crippen MR) is 74.5 cm³/mol. The van der Waals surface area contributed by atoms with Crippen LogP contribution in [0.5, 0.6) is 0 Å². The van der Waals surface area contributed by atoms with Crippen LogP contribution in [0.25, 0.3) is 0 Å². The zero-order valence-electron chi connectivity index (χ0n) is 11.5. The molecule has 0 atom stereocenters. The number of amides is 2. The number of carboxylic acids is 1. The number of nitrogens with one attached hydrogen (secondary N) is 1. The molecule has 2 N–H and O–H groups in total. The van der Waals surface area contributed by atoms with Gasteiger partial charge in [0, 0.05) is 19.3 Å². The third-order valence-electron chi connectivity index (χ3n) is 2.75. The monoisotopic (exact) mass is 264 g/mol. The molecule has 0 spiro atoms. The molecule has 0 aliphatic carbocycles. The average Bonchev–Trinajstić information content (AvgIpc) is 2.36. The van der Waals surface area contributed by atoms with Gasteiger partial charge in [-0.15, -0.1) is 0 Å². The molecule has 0 heterocycles. The van der Waals surface area contributed by atoms with Crippen molar-refractivity contribution in [2.75, 3.05) is 18.9 Å². The predicted octanol–water partition coefficient (Wildman–Crippen LogP) is 2.89. The van der Waals surface area contributed by atoms with Gasteiger partial charge in [0.05, 0.1) is 5.56 Å². The number of nitrogens with zero attached hydrogens (tertiary/aromatic N) is 1. The van der Waals surface area contributed by atoms with E-state index < -0.39 is 5.97 Å². The van der Waals surface area contributed by atoms with Gasteiger partial charge in [-0.1, -0.05) is 19.9 Å². The van der Waals surface area contributed by atoms with Crippen molar-refractivity contribution < 1.29 is 14.7 Å². The van der Waals surface area contributed by atoms with Gasteiger partial charge in [0.2, 0.25) is 0 Å². The van der Waals surface area contributed by atoms with Crippen molar-refractivity contribution in [1.82, 2.24) is 4.90 Å². The molecule has 0 aliphatic heterocycles. The van der Waals surface area contributed by atoms with Gasteiger partial charge in [0.15, 0.2) is 0 Å². The summed E-state index contributed by atoms with van der Waals surface area (Å²) in [5.41, 5.74) is 0.643. The Labute approximate surface area is 113 Å². The number of benzene rings is 1. The number of carbonyl (C=O) groups is 2. The third kappa shape index (κ3) is 4.99. The van der Waals surface area contributed by atoms with E-state index in [2.05, 4.69) is 19.2 Å². The maximum absolute atomic E-state index is 11.9. The van der Waals surface area contributed by atoms with Crippen molar-refractivity contribution in [3.63, 3.8) is 0 Å². The molecule has 1 aromatic carbocycles. The normalized spacial score (nSPS) is 10.3. The quantitative estimate of drug-likeness (QED) is 0.859. The molecule has 5 nitrogen and oxygen atoms in total.